The molecule has 0 bridgehead atoms. The predicted octanol–water partition coefficient (Wildman–Crippen LogP) is 1.98. The Balaban J connectivity index is 0.000000640. The van der Waals surface area contributed by atoms with Crippen molar-refractivity contribution in [2.24, 2.45) is 5.73 Å². The van der Waals surface area contributed by atoms with Gasteiger partial charge in [-0.05, 0) is 15.9 Å². The van der Waals surface area contributed by atoms with E-state index in [0.29, 0.717) is 6.54 Å². The van der Waals surface area contributed by atoms with Gasteiger partial charge in [0.15, 0.2) is 0 Å². The van der Waals surface area contributed by atoms with E-state index in [-0.39, 0.29) is 24.0 Å². The summed E-state index contributed by atoms with van der Waals surface area (Å²) in [6, 6.07) is 0. The highest BCUT2D eigenvalue weighted by Crippen LogP contribution is 2.13. The third-order valence-electron chi connectivity index (χ3n) is 0.698. The van der Waals surface area contributed by atoms with Crippen molar-refractivity contribution in [1.29, 1.82) is 0 Å². The zero-order valence-corrected chi connectivity index (χ0v) is 9.24. The summed E-state index contributed by atoms with van der Waals surface area (Å²) in [5.74, 6) is 0. The minimum absolute atomic E-state index is 0. The molecule has 9 heavy (non-hydrogen) atoms. The van der Waals surface area contributed by atoms with Gasteiger partial charge in [0, 0.05) is 11.9 Å². The summed E-state index contributed by atoms with van der Waals surface area (Å²) in [6.45, 7) is 0.538. The van der Waals surface area contributed by atoms with Gasteiger partial charge < -0.3 is 5.73 Å². The smallest absolute Gasteiger partial charge is 0.117 e. The van der Waals surface area contributed by atoms with Gasteiger partial charge >= 0.3 is 0 Å². The van der Waals surface area contributed by atoms with Gasteiger partial charge in [-0.1, -0.05) is 0 Å². The van der Waals surface area contributed by atoms with E-state index in [9.17, 15) is 0 Å². The van der Waals surface area contributed by atoms with Crippen LogP contribution in [0.2, 0.25) is 0 Å². The first kappa shape index (κ1) is 9.80. The fourth-order valence-corrected chi connectivity index (χ4v) is 1.53. The van der Waals surface area contributed by atoms with E-state index < -0.39 is 0 Å². The van der Waals surface area contributed by atoms with Gasteiger partial charge in [0.1, 0.15) is 9.61 Å². The Morgan fingerprint density at radius 1 is 1.78 bits per heavy atom. The van der Waals surface area contributed by atoms with Crippen LogP contribution in [0.1, 0.15) is 5.01 Å². The maximum absolute atomic E-state index is 5.29. The number of hydrogen-bond acceptors (Lipinski definition) is 3. The zero-order valence-electron chi connectivity index (χ0n) is 4.50. The van der Waals surface area contributed by atoms with Crippen LogP contribution in [-0.4, -0.2) is 4.98 Å². The molecule has 0 radical (unpaired) electrons. The number of nitrogens with two attached hydrogens (primary N) is 1. The van der Waals surface area contributed by atoms with E-state index in [0.717, 1.165) is 9.61 Å². The highest BCUT2D eigenvalue weighted by molar-refractivity contribution is 14.0. The average Bonchev–Trinajstić information content (AvgIpc) is 2.14. The third-order valence-corrected chi connectivity index (χ3v) is 2.28. The summed E-state index contributed by atoms with van der Waals surface area (Å²) in [7, 11) is 0. The summed E-state index contributed by atoms with van der Waals surface area (Å²) >= 11 is 4.78. The molecule has 0 aliphatic heterocycles. The lowest BCUT2D eigenvalue weighted by Crippen LogP contribution is -1.93. The Morgan fingerprint density at radius 3 is 2.67 bits per heavy atom. The fourth-order valence-electron chi connectivity index (χ4n) is 0.382. The number of hydrogen-bond donors (Lipinski definition) is 1. The van der Waals surface area contributed by atoms with Crippen molar-refractivity contribution in [3.63, 3.8) is 0 Å². The van der Waals surface area contributed by atoms with Crippen LogP contribution in [-0.2, 0) is 6.54 Å². The second-order valence-electron chi connectivity index (χ2n) is 1.27. The van der Waals surface area contributed by atoms with Gasteiger partial charge in [0.05, 0.1) is 0 Å². The van der Waals surface area contributed by atoms with Crippen molar-refractivity contribution < 1.29 is 0 Å². The maximum Gasteiger partial charge on any atom is 0.117 e. The quantitative estimate of drug-likeness (QED) is 0.804. The molecule has 2 nitrogen and oxygen atoms in total. The van der Waals surface area contributed by atoms with Crippen LogP contribution in [0.4, 0.5) is 0 Å². The van der Waals surface area contributed by atoms with E-state index in [1.807, 2.05) is 5.38 Å². The molecule has 1 heterocycles. The van der Waals surface area contributed by atoms with Crippen molar-refractivity contribution in [2.45, 2.75) is 6.54 Å². The number of nitrogens with zero attached hydrogens (tertiary/aromatic N) is 1. The van der Waals surface area contributed by atoms with Gasteiger partial charge in [-0.25, -0.2) is 4.98 Å². The first-order valence-corrected chi connectivity index (χ1v) is 3.80. The Bertz CT molecular complexity index is 179. The first-order valence-electron chi connectivity index (χ1n) is 2.13. The summed E-state index contributed by atoms with van der Waals surface area (Å²) in [4.78, 5) is 4.04. The summed E-state index contributed by atoms with van der Waals surface area (Å²) < 4.78 is 0.878. The lowest BCUT2D eigenvalue weighted by atomic mass is 10.7. The Morgan fingerprint density at radius 2 is 2.44 bits per heavy atom. The van der Waals surface area contributed by atoms with Gasteiger partial charge in [0.2, 0.25) is 0 Å². The molecule has 0 fully saturated rings. The molecule has 0 atom stereocenters. The van der Waals surface area contributed by atoms with Crippen LogP contribution in [0, 0.1) is 0 Å². The molecule has 0 aliphatic carbocycles. The van der Waals surface area contributed by atoms with Crippen LogP contribution in [0.25, 0.3) is 0 Å². The van der Waals surface area contributed by atoms with E-state index in [4.69, 9.17) is 5.73 Å². The van der Waals surface area contributed by atoms with Crippen LogP contribution in [0.5, 0.6) is 0 Å². The minimum atomic E-state index is 0. The van der Waals surface area contributed by atoms with Crippen molar-refractivity contribution in [2.75, 3.05) is 0 Å². The SMILES string of the molecule is I.NCc1nc(Br)cs1. The summed E-state index contributed by atoms with van der Waals surface area (Å²) in [6.07, 6.45) is 0. The lowest BCUT2D eigenvalue weighted by Gasteiger charge is -1.79. The summed E-state index contributed by atoms with van der Waals surface area (Å²) in [5.41, 5.74) is 5.29. The molecule has 1 aromatic heterocycles. The highest BCUT2D eigenvalue weighted by atomic mass is 127. The van der Waals surface area contributed by atoms with E-state index >= 15 is 0 Å². The van der Waals surface area contributed by atoms with Gasteiger partial charge in [-0.15, -0.1) is 35.3 Å². The molecule has 0 unspecified atom stereocenters. The average molecular weight is 321 g/mol. The highest BCUT2D eigenvalue weighted by Gasteiger charge is 1.93. The Kier molecular flexibility index (Phi) is 5.00. The van der Waals surface area contributed by atoms with Crippen molar-refractivity contribution in [3.05, 3.63) is 15.0 Å². The molecule has 0 aromatic carbocycles. The molecule has 0 saturated carbocycles. The number of thiazole rings is 1. The molecule has 52 valence electrons. The zero-order chi connectivity index (χ0) is 5.98. The normalized spacial score (nSPS) is 8.67. The second-order valence-corrected chi connectivity index (χ2v) is 3.02. The monoisotopic (exact) mass is 320 g/mol. The maximum atomic E-state index is 5.29. The number of rotatable bonds is 1. The molecule has 0 spiro atoms. The molecular formula is C4H6BrIN2S. The first-order chi connectivity index (χ1) is 3.83. The Hall–Kier alpha value is 0.800. The van der Waals surface area contributed by atoms with Crippen LogP contribution in [0.15, 0.2) is 9.98 Å². The molecular weight excluding hydrogens is 315 g/mol. The van der Waals surface area contributed by atoms with Crippen molar-refractivity contribution in [3.8, 4) is 0 Å². The molecule has 1 rings (SSSR count). The predicted molar refractivity (Wildman–Crippen MR) is 53.1 cm³/mol. The van der Waals surface area contributed by atoms with Crippen LogP contribution in [0.3, 0.4) is 0 Å². The fraction of sp³-hybridized carbons (Fsp3) is 0.250. The molecule has 1 aromatic rings. The molecule has 0 saturated heterocycles. The lowest BCUT2D eigenvalue weighted by molar-refractivity contribution is 1.03. The number of halogens is 2. The van der Waals surface area contributed by atoms with Gasteiger partial charge in [-0.2, -0.15) is 0 Å². The molecule has 2 N–H and O–H groups in total. The summed E-state index contributed by atoms with van der Waals surface area (Å²) in [5, 5.41) is 2.89. The van der Waals surface area contributed by atoms with Gasteiger partial charge in [0.25, 0.3) is 0 Å². The van der Waals surface area contributed by atoms with E-state index in [1.165, 1.54) is 0 Å². The topological polar surface area (TPSA) is 38.9 Å². The second kappa shape index (κ2) is 4.59. The molecule has 0 aliphatic rings. The van der Waals surface area contributed by atoms with Crippen molar-refractivity contribution >= 4 is 51.2 Å². The van der Waals surface area contributed by atoms with Gasteiger partial charge in [-0.3, -0.25) is 0 Å². The Labute approximate surface area is 83.0 Å². The van der Waals surface area contributed by atoms with E-state index in [1.54, 1.807) is 11.3 Å². The standard InChI is InChI=1S/C4H5BrN2S.HI/c5-3-2-8-4(1-6)7-3;/h2H,1,6H2;1H. The molecule has 0 amide bonds. The van der Waals surface area contributed by atoms with Crippen molar-refractivity contribution in [1.82, 2.24) is 4.98 Å². The molecule has 5 heteroatoms. The van der Waals surface area contributed by atoms with Crippen LogP contribution < -0.4 is 5.73 Å². The van der Waals surface area contributed by atoms with Crippen LogP contribution >= 0.6 is 51.2 Å². The van der Waals surface area contributed by atoms with E-state index in [2.05, 4.69) is 20.9 Å². The number of aromatic nitrogens is 1. The minimum Gasteiger partial charge on any atom is -0.325 e. The third kappa shape index (κ3) is 2.92. The largest absolute Gasteiger partial charge is 0.325 e.